The first kappa shape index (κ1) is 25.5. The van der Waals surface area contributed by atoms with E-state index in [4.69, 9.17) is 4.74 Å². The summed E-state index contributed by atoms with van der Waals surface area (Å²) in [5, 5.41) is 15.8. The van der Waals surface area contributed by atoms with Crippen molar-refractivity contribution >= 4 is 29.3 Å². The van der Waals surface area contributed by atoms with Gasteiger partial charge in [0.05, 0.1) is 19.3 Å². The molecule has 2 amide bonds. The van der Waals surface area contributed by atoms with Crippen molar-refractivity contribution in [2.45, 2.75) is 39.2 Å². The lowest BCUT2D eigenvalue weighted by atomic mass is 9.85. The van der Waals surface area contributed by atoms with Gasteiger partial charge in [0.2, 0.25) is 11.9 Å². The number of nitrogens with one attached hydrogen (secondary N) is 2. The third kappa shape index (κ3) is 5.64. The third-order valence-electron chi connectivity index (χ3n) is 6.73. The molecule has 2 saturated heterocycles. The number of ether oxygens (including phenoxy) is 1. The topological polar surface area (TPSA) is 123 Å². The number of aromatic nitrogens is 2. The van der Waals surface area contributed by atoms with Gasteiger partial charge in [-0.2, -0.15) is 10.2 Å². The molecule has 0 spiro atoms. The molecule has 2 fully saturated rings. The van der Waals surface area contributed by atoms with E-state index < -0.39 is 5.41 Å². The van der Waals surface area contributed by atoms with Crippen molar-refractivity contribution in [3.05, 3.63) is 42.1 Å². The second-order valence-electron chi connectivity index (χ2n) is 9.92. The number of hydrogen-bond acceptors (Lipinski definition) is 8. The lowest BCUT2D eigenvalue weighted by molar-refractivity contribution is -0.123. The van der Waals surface area contributed by atoms with Crippen molar-refractivity contribution < 1.29 is 14.3 Å². The first-order valence-electron chi connectivity index (χ1n) is 12.3. The molecule has 1 atom stereocenters. The smallest absolute Gasteiger partial charge is 0.251 e. The van der Waals surface area contributed by atoms with E-state index in [1.165, 1.54) is 0 Å². The van der Waals surface area contributed by atoms with Crippen LogP contribution in [0.25, 0.3) is 0 Å². The highest BCUT2D eigenvalue weighted by Gasteiger charge is 2.46. The number of hydrogen-bond donors (Lipinski definition) is 2. The SMILES string of the molecule is CC[C@]1(C#N)CCN(c2ccnc(Nc3ccc(C(=O)NC(C)(C)CN4CCOCC4)cc3)n2)C1=O. The van der Waals surface area contributed by atoms with Gasteiger partial charge in [0.1, 0.15) is 11.2 Å². The fraction of sp³-hybridized carbons (Fsp3) is 0.500. The van der Waals surface area contributed by atoms with Crippen molar-refractivity contribution in [1.29, 1.82) is 5.26 Å². The molecule has 10 nitrogen and oxygen atoms in total. The Labute approximate surface area is 211 Å². The Balaban J connectivity index is 1.38. The van der Waals surface area contributed by atoms with Gasteiger partial charge in [0.25, 0.3) is 5.91 Å². The van der Waals surface area contributed by atoms with Gasteiger partial charge < -0.3 is 15.4 Å². The van der Waals surface area contributed by atoms with Crippen LogP contribution in [-0.2, 0) is 9.53 Å². The van der Waals surface area contributed by atoms with Crippen molar-refractivity contribution in [2.24, 2.45) is 5.41 Å². The predicted molar refractivity (Wildman–Crippen MR) is 136 cm³/mol. The molecule has 1 aromatic carbocycles. The molecular formula is C26H33N7O3. The molecule has 2 aliphatic rings. The maximum atomic E-state index is 12.8. The molecule has 1 aromatic heterocycles. The molecule has 2 aromatic rings. The van der Waals surface area contributed by atoms with E-state index in [1.54, 1.807) is 41.4 Å². The highest BCUT2D eigenvalue weighted by molar-refractivity contribution is 6.01. The van der Waals surface area contributed by atoms with Gasteiger partial charge in [-0.25, -0.2) is 4.98 Å². The van der Waals surface area contributed by atoms with Gasteiger partial charge in [0, 0.05) is 49.2 Å². The van der Waals surface area contributed by atoms with Crippen molar-refractivity contribution in [3.63, 3.8) is 0 Å². The third-order valence-corrected chi connectivity index (χ3v) is 6.73. The lowest BCUT2D eigenvalue weighted by Crippen LogP contribution is -2.53. The lowest BCUT2D eigenvalue weighted by Gasteiger charge is -2.35. The molecule has 3 heterocycles. The minimum Gasteiger partial charge on any atom is -0.379 e. The second-order valence-corrected chi connectivity index (χ2v) is 9.92. The summed E-state index contributed by atoms with van der Waals surface area (Å²) in [6, 6.07) is 10.9. The number of carbonyl (C=O) groups excluding carboxylic acids is 2. The van der Waals surface area contributed by atoms with Gasteiger partial charge in [-0.1, -0.05) is 6.92 Å². The van der Waals surface area contributed by atoms with Gasteiger partial charge in [-0.3, -0.25) is 19.4 Å². The van der Waals surface area contributed by atoms with E-state index in [1.807, 2.05) is 20.8 Å². The molecule has 0 saturated carbocycles. The standard InChI is InChI=1S/C26H33N7O3/c1-4-26(17-27)10-12-33(23(26)35)21-9-11-28-24(30-21)29-20-7-5-19(6-8-20)22(34)31-25(2,3)18-32-13-15-36-16-14-32/h5-9,11H,4,10,12-16,18H2,1-3H3,(H,31,34)(H,28,29,30)/t26-/m1/s1. The summed E-state index contributed by atoms with van der Waals surface area (Å²) in [6.07, 6.45) is 2.53. The van der Waals surface area contributed by atoms with E-state index in [9.17, 15) is 14.9 Å². The van der Waals surface area contributed by atoms with Crippen LogP contribution >= 0.6 is 0 Å². The van der Waals surface area contributed by atoms with Crippen molar-refractivity contribution in [3.8, 4) is 6.07 Å². The van der Waals surface area contributed by atoms with Crippen LogP contribution in [0, 0.1) is 16.7 Å². The average Bonchev–Trinajstić information content (AvgIpc) is 3.21. The number of amides is 2. The Bertz CT molecular complexity index is 1140. The molecule has 4 rings (SSSR count). The summed E-state index contributed by atoms with van der Waals surface area (Å²) in [5.74, 6) is 0.434. The Morgan fingerprint density at radius 1 is 1.19 bits per heavy atom. The zero-order chi connectivity index (χ0) is 25.8. The largest absolute Gasteiger partial charge is 0.379 e. The Hall–Kier alpha value is -3.55. The molecule has 0 bridgehead atoms. The molecule has 36 heavy (non-hydrogen) atoms. The Morgan fingerprint density at radius 3 is 2.56 bits per heavy atom. The number of morpholine rings is 1. The van der Waals surface area contributed by atoms with Gasteiger partial charge in [-0.15, -0.1) is 0 Å². The van der Waals surface area contributed by atoms with Crippen LogP contribution in [0.1, 0.15) is 44.0 Å². The van der Waals surface area contributed by atoms with Crippen LogP contribution in [0.3, 0.4) is 0 Å². The average molecular weight is 492 g/mol. The van der Waals surface area contributed by atoms with Crippen LogP contribution in [-0.4, -0.2) is 71.6 Å². The molecule has 10 heteroatoms. The normalized spacial score (nSPS) is 20.7. The summed E-state index contributed by atoms with van der Waals surface area (Å²) in [6.45, 7) is 10.3. The van der Waals surface area contributed by atoms with E-state index in [0.29, 0.717) is 42.4 Å². The van der Waals surface area contributed by atoms with Crippen LogP contribution < -0.4 is 15.5 Å². The molecule has 0 aliphatic carbocycles. The van der Waals surface area contributed by atoms with Crippen molar-refractivity contribution in [1.82, 2.24) is 20.2 Å². The number of nitrogens with zero attached hydrogens (tertiary/aromatic N) is 5. The van der Waals surface area contributed by atoms with E-state index >= 15 is 0 Å². The maximum absolute atomic E-state index is 12.8. The number of nitriles is 1. The van der Waals surface area contributed by atoms with E-state index in [2.05, 4.69) is 31.6 Å². The van der Waals surface area contributed by atoms with Gasteiger partial charge in [-0.05, 0) is 57.0 Å². The number of carbonyl (C=O) groups is 2. The molecule has 2 N–H and O–H groups in total. The molecular weight excluding hydrogens is 458 g/mol. The van der Waals surface area contributed by atoms with E-state index in [-0.39, 0.29) is 17.4 Å². The highest BCUT2D eigenvalue weighted by Crippen LogP contribution is 2.36. The Kier molecular flexibility index (Phi) is 7.52. The van der Waals surface area contributed by atoms with Gasteiger partial charge in [0.15, 0.2) is 0 Å². The summed E-state index contributed by atoms with van der Waals surface area (Å²) in [5.41, 5.74) is -0.0940. The first-order chi connectivity index (χ1) is 17.2. The zero-order valence-corrected chi connectivity index (χ0v) is 21.1. The molecule has 0 radical (unpaired) electrons. The second kappa shape index (κ2) is 10.6. The van der Waals surface area contributed by atoms with Crippen molar-refractivity contribution in [2.75, 3.05) is 49.6 Å². The molecule has 2 aliphatic heterocycles. The first-order valence-corrected chi connectivity index (χ1v) is 12.3. The number of benzene rings is 1. The van der Waals surface area contributed by atoms with Crippen LogP contribution in [0.4, 0.5) is 17.5 Å². The summed E-state index contributed by atoms with van der Waals surface area (Å²) < 4.78 is 5.40. The summed E-state index contributed by atoms with van der Waals surface area (Å²) >= 11 is 0. The summed E-state index contributed by atoms with van der Waals surface area (Å²) in [4.78, 5) is 38.3. The molecule has 190 valence electrons. The fourth-order valence-electron chi connectivity index (χ4n) is 4.63. The van der Waals surface area contributed by atoms with Crippen LogP contribution in [0.2, 0.25) is 0 Å². The zero-order valence-electron chi connectivity index (χ0n) is 21.1. The van der Waals surface area contributed by atoms with Crippen LogP contribution in [0.15, 0.2) is 36.5 Å². The Morgan fingerprint density at radius 2 is 1.92 bits per heavy atom. The van der Waals surface area contributed by atoms with Gasteiger partial charge >= 0.3 is 0 Å². The van der Waals surface area contributed by atoms with Crippen LogP contribution in [0.5, 0.6) is 0 Å². The minimum atomic E-state index is -0.980. The summed E-state index contributed by atoms with van der Waals surface area (Å²) in [7, 11) is 0. The predicted octanol–water partition coefficient (Wildman–Crippen LogP) is 2.72. The number of rotatable bonds is 8. The quantitative estimate of drug-likeness (QED) is 0.578. The minimum absolute atomic E-state index is 0.137. The van der Waals surface area contributed by atoms with E-state index in [0.717, 1.165) is 32.8 Å². The number of anilines is 3. The monoisotopic (exact) mass is 491 g/mol. The highest BCUT2D eigenvalue weighted by atomic mass is 16.5. The molecule has 0 unspecified atom stereocenters. The maximum Gasteiger partial charge on any atom is 0.251 e. The fourth-order valence-corrected chi connectivity index (χ4v) is 4.63.